The lowest BCUT2D eigenvalue weighted by Crippen LogP contribution is -2.51. The van der Waals surface area contributed by atoms with Crippen LogP contribution >= 0.6 is 0 Å². The van der Waals surface area contributed by atoms with Gasteiger partial charge in [0.25, 0.3) is 11.8 Å². The number of unbranched alkanes of at least 4 members (excludes halogenated alkanes) is 25. The topological polar surface area (TPSA) is 70.0 Å². The van der Waals surface area contributed by atoms with Crippen LogP contribution in [0.25, 0.3) is 0 Å². The summed E-state index contributed by atoms with van der Waals surface area (Å²) in [6, 6.07) is 0. The van der Waals surface area contributed by atoms with Crippen molar-refractivity contribution >= 4 is 5.91 Å². The normalized spacial score (nSPS) is 13.0. The molecule has 5 heteroatoms. The highest BCUT2D eigenvalue weighted by Crippen LogP contribution is 2.20. The number of ether oxygens (including phenoxy) is 1. The molecule has 0 saturated carbocycles. The molecule has 0 aromatic rings. The number of nitrogens with zero attached hydrogens (tertiary/aromatic N) is 1. The number of carbonyl (C=O) groups excluding carboxylic acids is 1. The van der Waals surface area contributed by atoms with Crippen molar-refractivity contribution in [2.45, 2.75) is 213 Å². The van der Waals surface area contributed by atoms with E-state index in [1.54, 1.807) is 6.92 Å². The largest absolute Gasteiger partial charge is 0.347 e. The lowest BCUT2D eigenvalue weighted by Gasteiger charge is -2.33. The van der Waals surface area contributed by atoms with Crippen molar-refractivity contribution in [3.8, 4) is 0 Å². The number of hydrogen-bond acceptors (Lipinski definition) is 4. The maximum absolute atomic E-state index is 12.4. The summed E-state index contributed by atoms with van der Waals surface area (Å²) in [4.78, 5) is 12.4. The molecule has 0 spiro atoms. The molecular weight excluding hydrogens is 498 g/mol. The number of aliphatic hydroxyl groups is 1. The summed E-state index contributed by atoms with van der Waals surface area (Å²) in [6.07, 6.45) is 34.6. The first-order chi connectivity index (χ1) is 19.5. The number of rotatable bonds is 32. The van der Waals surface area contributed by atoms with Crippen molar-refractivity contribution in [3.63, 3.8) is 0 Å². The fourth-order valence-corrected chi connectivity index (χ4v) is 5.44. The van der Waals surface area contributed by atoms with E-state index >= 15 is 0 Å². The van der Waals surface area contributed by atoms with Crippen LogP contribution in [-0.4, -0.2) is 33.8 Å². The molecule has 240 valence electrons. The lowest BCUT2D eigenvalue weighted by atomic mass is 10.0. The zero-order valence-electron chi connectivity index (χ0n) is 27.4. The molecule has 0 bridgehead atoms. The Hall–Kier alpha value is -0.650. The Morgan fingerprint density at radius 1 is 0.525 bits per heavy atom. The van der Waals surface area contributed by atoms with Gasteiger partial charge in [0.15, 0.2) is 0 Å². The second-order valence-corrected chi connectivity index (χ2v) is 12.2. The maximum atomic E-state index is 12.4. The molecule has 1 amide bonds. The summed E-state index contributed by atoms with van der Waals surface area (Å²) < 4.78 is 5.60. The molecule has 0 radical (unpaired) electrons. The SMILES string of the molecule is CCCCCCCCCCCCCCCCOC(O)(CC)N(O)C(=O)CCCCCCCCCCCCCCC. The van der Waals surface area contributed by atoms with Gasteiger partial charge in [-0.2, -0.15) is 5.06 Å². The van der Waals surface area contributed by atoms with Gasteiger partial charge >= 0.3 is 0 Å². The molecule has 0 aromatic heterocycles. The number of hydroxylamine groups is 2. The third-order valence-electron chi connectivity index (χ3n) is 8.35. The average molecular weight is 570 g/mol. The van der Waals surface area contributed by atoms with Gasteiger partial charge in [-0.3, -0.25) is 10.0 Å². The van der Waals surface area contributed by atoms with Gasteiger partial charge in [0.1, 0.15) is 0 Å². The van der Waals surface area contributed by atoms with Crippen LogP contribution < -0.4 is 0 Å². The highest BCUT2D eigenvalue weighted by Gasteiger charge is 2.36. The summed E-state index contributed by atoms with van der Waals surface area (Å²) in [6.45, 7) is 6.61. The molecule has 40 heavy (non-hydrogen) atoms. The van der Waals surface area contributed by atoms with Gasteiger partial charge in [-0.25, -0.2) is 0 Å². The Kier molecular flexibility index (Phi) is 29.3. The fourth-order valence-electron chi connectivity index (χ4n) is 5.44. The molecule has 5 nitrogen and oxygen atoms in total. The van der Waals surface area contributed by atoms with E-state index in [1.807, 2.05) is 0 Å². The third-order valence-corrected chi connectivity index (χ3v) is 8.35. The van der Waals surface area contributed by atoms with E-state index in [9.17, 15) is 15.1 Å². The quantitative estimate of drug-likeness (QED) is 0.0366. The molecule has 1 atom stereocenters. The van der Waals surface area contributed by atoms with Gasteiger partial charge in [0, 0.05) is 12.8 Å². The first-order valence-corrected chi connectivity index (χ1v) is 17.9. The van der Waals surface area contributed by atoms with Crippen molar-refractivity contribution in [2.24, 2.45) is 0 Å². The van der Waals surface area contributed by atoms with E-state index in [-0.39, 0.29) is 12.8 Å². The number of carbonyl (C=O) groups is 1. The Labute approximate surface area is 250 Å². The second-order valence-electron chi connectivity index (χ2n) is 12.2. The highest BCUT2D eigenvalue weighted by atomic mass is 16.7. The Morgan fingerprint density at radius 2 is 0.825 bits per heavy atom. The molecule has 0 rings (SSSR count). The van der Waals surface area contributed by atoms with Crippen LogP contribution in [0, 0.1) is 0 Å². The van der Waals surface area contributed by atoms with E-state index < -0.39 is 11.8 Å². The summed E-state index contributed by atoms with van der Waals surface area (Å²) in [7, 11) is 0. The minimum Gasteiger partial charge on any atom is -0.347 e. The van der Waals surface area contributed by atoms with Gasteiger partial charge in [0.2, 0.25) is 0 Å². The highest BCUT2D eigenvalue weighted by molar-refractivity contribution is 5.75. The van der Waals surface area contributed by atoms with Crippen molar-refractivity contribution < 1.29 is 19.8 Å². The van der Waals surface area contributed by atoms with Crippen molar-refractivity contribution in [3.05, 3.63) is 0 Å². The van der Waals surface area contributed by atoms with E-state index in [0.717, 1.165) is 32.1 Å². The van der Waals surface area contributed by atoms with Gasteiger partial charge < -0.3 is 9.84 Å². The molecule has 0 aromatic carbocycles. The predicted octanol–water partition coefficient (Wildman–Crippen LogP) is 11.2. The summed E-state index contributed by atoms with van der Waals surface area (Å²) in [5, 5.41) is 21.5. The third kappa shape index (κ3) is 24.0. The van der Waals surface area contributed by atoms with E-state index in [1.165, 1.54) is 141 Å². The summed E-state index contributed by atoms with van der Waals surface area (Å²) >= 11 is 0. The van der Waals surface area contributed by atoms with Crippen molar-refractivity contribution in [1.29, 1.82) is 0 Å². The van der Waals surface area contributed by atoms with E-state index in [0.29, 0.717) is 11.7 Å². The first-order valence-electron chi connectivity index (χ1n) is 17.9. The molecular formula is C35H71NO4. The molecule has 0 aliphatic carbocycles. The molecule has 0 aliphatic heterocycles. The maximum Gasteiger partial charge on any atom is 0.274 e. The standard InChI is InChI=1S/C35H71NO4/c1-4-7-9-11-13-15-17-19-21-23-25-27-29-31-33-40-35(38,6-3)36(39)34(37)32-30-28-26-24-22-20-18-16-14-12-10-8-5-2/h38-39H,4-33H2,1-3H3. The van der Waals surface area contributed by atoms with Crippen molar-refractivity contribution in [1.82, 2.24) is 5.06 Å². The Balaban J connectivity index is 3.69. The predicted molar refractivity (Wildman–Crippen MR) is 170 cm³/mol. The number of amides is 1. The second kappa shape index (κ2) is 29.8. The van der Waals surface area contributed by atoms with E-state index in [4.69, 9.17) is 4.74 Å². The van der Waals surface area contributed by atoms with E-state index in [2.05, 4.69) is 13.8 Å². The van der Waals surface area contributed by atoms with Crippen LogP contribution in [0.15, 0.2) is 0 Å². The van der Waals surface area contributed by atoms with Crippen LogP contribution in [0.2, 0.25) is 0 Å². The average Bonchev–Trinajstić information content (AvgIpc) is 2.96. The van der Waals surface area contributed by atoms with Crippen molar-refractivity contribution in [2.75, 3.05) is 6.61 Å². The zero-order chi connectivity index (χ0) is 29.6. The zero-order valence-corrected chi connectivity index (χ0v) is 27.4. The minimum atomic E-state index is -1.91. The monoisotopic (exact) mass is 570 g/mol. The van der Waals surface area contributed by atoms with Crippen LogP contribution in [0.5, 0.6) is 0 Å². The molecule has 2 N–H and O–H groups in total. The smallest absolute Gasteiger partial charge is 0.274 e. The lowest BCUT2D eigenvalue weighted by molar-refractivity contribution is -0.361. The molecule has 0 aliphatic rings. The van der Waals surface area contributed by atoms with Gasteiger partial charge in [-0.1, -0.05) is 181 Å². The molecule has 0 saturated heterocycles. The Bertz CT molecular complexity index is 530. The molecule has 0 fully saturated rings. The van der Waals surface area contributed by atoms with Crippen LogP contribution in [0.3, 0.4) is 0 Å². The molecule has 1 unspecified atom stereocenters. The van der Waals surface area contributed by atoms with Gasteiger partial charge in [0.05, 0.1) is 6.61 Å². The summed E-state index contributed by atoms with van der Waals surface area (Å²) in [5.74, 6) is -2.36. The molecule has 0 heterocycles. The van der Waals surface area contributed by atoms with Gasteiger partial charge in [-0.15, -0.1) is 0 Å². The van der Waals surface area contributed by atoms with Gasteiger partial charge in [-0.05, 0) is 12.8 Å². The van der Waals surface area contributed by atoms with Crippen LogP contribution in [0.4, 0.5) is 0 Å². The first kappa shape index (κ1) is 39.4. The minimum absolute atomic E-state index is 0.145. The van der Waals surface area contributed by atoms with Crippen LogP contribution in [-0.2, 0) is 9.53 Å². The summed E-state index contributed by atoms with van der Waals surface area (Å²) in [5.41, 5.74) is 0. The van der Waals surface area contributed by atoms with Crippen LogP contribution in [0.1, 0.15) is 207 Å². The number of hydrogen-bond donors (Lipinski definition) is 2. The fraction of sp³-hybridized carbons (Fsp3) is 0.971. The Morgan fingerprint density at radius 3 is 1.15 bits per heavy atom.